The first-order chi connectivity index (χ1) is 7.54. The van der Waals surface area contributed by atoms with Gasteiger partial charge in [0, 0.05) is 18.5 Å². The van der Waals surface area contributed by atoms with E-state index in [1.165, 1.54) is 12.8 Å². The van der Waals surface area contributed by atoms with Gasteiger partial charge in [0.15, 0.2) is 0 Å². The number of rotatable bonds is 4. The van der Waals surface area contributed by atoms with Gasteiger partial charge in [-0.05, 0) is 25.2 Å². The fourth-order valence-corrected chi connectivity index (χ4v) is 1.74. The third kappa shape index (κ3) is 2.46. The minimum absolute atomic E-state index is 0.468. The van der Waals surface area contributed by atoms with Crippen molar-refractivity contribution in [1.82, 2.24) is 9.97 Å². The molecule has 0 aliphatic heterocycles. The van der Waals surface area contributed by atoms with Crippen LogP contribution in [0.3, 0.4) is 0 Å². The maximum absolute atomic E-state index is 6.07. The molecule has 1 saturated carbocycles. The number of halogens is 1. The molecule has 0 amide bonds. The molecule has 0 atom stereocenters. The largest absolute Gasteiger partial charge is 0.369 e. The summed E-state index contributed by atoms with van der Waals surface area (Å²) in [5.74, 6) is 1.70. The van der Waals surface area contributed by atoms with Crippen LogP contribution in [-0.4, -0.2) is 16.5 Å². The van der Waals surface area contributed by atoms with Gasteiger partial charge in [-0.1, -0.05) is 25.4 Å². The first kappa shape index (κ1) is 11.6. The molecule has 3 nitrogen and oxygen atoms in total. The minimum Gasteiger partial charge on any atom is -0.369 e. The Morgan fingerprint density at radius 1 is 1.38 bits per heavy atom. The van der Waals surface area contributed by atoms with Crippen LogP contribution in [0.1, 0.15) is 38.1 Å². The van der Waals surface area contributed by atoms with Gasteiger partial charge in [-0.25, -0.2) is 9.97 Å². The Morgan fingerprint density at radius 2 is 2.06 bits per heavy atom. The van der Waals surface area contributed by atoms with E-state index in [9.17, 15) is 0 Å². The smallest absolute Gasteiger partial charge is 0.137 e. The van der Waals surface area contributed by atoms with Gasteiger partial charge in [0.05, 0.1) is 0 Å². The molecular formula is C12H18ClN3. The molecule has 2 rings (SSSR count). The molecule has 1 fully saturated rings. The quantitative estimate of drug-likeness (QED) is 0.820. The molecule has 0 unspecified atom stereocenters. The minimum atomic E-state index is 0.468. The van der Waals surface area contributed by atoms with Gasteiger partial charge < -0.3 is 5.32 Å². The number of hydrogen-bond acceptors (Lipinski definition) is 3. The monoisotopic (exact) mass is 239 g/mol. The van der Waals surface area contributed by atoms with E-state index in [-0.39, 0.29) is 0 Å². The lowest BCUT2D eigenvalue weighted by Gasteiger charge is -2.14. The van der Waals surface area contributed by atoms with Gasteiger partial charge >= 0.3 is 0 Å². The van der Waals surface area contributed by atoms with Crippen LogP contribution in [0.2, 0.25) is 5.15 Å². The summed E-state index contributed by atoms with van der Waals surface area (Å²) in [7, 11) is 0. The number of nitrogens with zero attached hydrogens (tertiary/aromatic N) is 2. The molecule has 1 N–H and O–H groups in total. The second kappa shape index (κ2) is 4.21. The lowest BCUT2D eigenvalue weighted by atomic mass is 10.1. The number of aryl methyl sites for hydroxylation is 1. The van der Waals surface area contributed by atoms with Crippen LogP contribution in [0.5, 0.6) is 0 Å². The molecule has 16 heavy (non-hydrogen) atoms. The molecule has 1 aliphatic rings. The zero-order valence-corrected chi connectivity index (χ0v) is 10.9. The lowest BCUT2D eigenvalue weighted by Crippen LogP contribution is -2.14. The van der Waals surface area contributed by atoms with Crippen LogP contribution in [0.4, 0.5) is 5.82 Å². The van der Waals surface area contributed by atoms with Crippen LogP contribution in [0, 0.1) is 12.3 Å². The maximum atomic E-state index is 6.07. The van der Waals surface area contributed by atoms with E-state index in [1.54, 1.807) is 0 Å². The molecule has 1 aliphatic carbocycles. The average molecular weight is 240 g/mol. The summed E-state index contributed by atoms with van der Waals surface area (Å²) in [6.45, 7) is 7.26. The second-order valence-corrected chi connectivity index (χ2v) is 5.28. The van der Waals surface area contributed by atoms with Crippen molar-refractivity contribution in [2.75, 3.05) is 11.9 Å². The van der Waals surface area contributed by atoms with Crippen molar-refractivity contribution >= 4 is 17.4 Å². The van der Waals surface area contributed by atoms with Crippen molar-refractivity contribution in [3.05, 3.63) is 16.5 Å². The Balaban J connectivity index is 2.15. The third-order valence-corrected chi connectivity index (χ3v) is 3.60. The van der Waals surface area contributed by atoms with Crippen LogP contribution < -0.4 is 5.32 Å². The van der Waals surface area contributed by atoms with E-state index >= 15 is 0 Å². The second-order valence-electron chi connectivity index (χ2n) is 4.92. The first-order valence-electron chi connectivity index (χ1n) is 5.81. The zero-order valence-electron chi connectivity index (χ0n) is 10.1. The van der Waals surface area contributed by atoms with E-state index in [2.05, 4.69) is 22.2 Å². The number of anilines is 1. The highest BCUT2D eigenvalue weighted by atomic mass is 35.5. The predicted octanol–water partition coefficient (Wildman–Crippen LogP) is 3.21. The highest BCUT2D eigenvalue weighted by molar-refractivity contribution is 6.30. The van der Waals surface area contributed by atoms with Crippen molar-refractivity contribution in [3.8, 4) is 0 Å². The van der Waals surface area contributed by atoms with E-state index in [4.69, 9.17) is 11.6 Å². The maximum Gasteiger partial charge on any atom is 0.137 e. The average Bonchev–Trinajstić information content (AvgIpc) is 2.99. The molecule has 88 valence electrons. The van der Waals surface area contributed by atoms with Gasteiger partial charge in [0.2, 0.25) is 0 Å². The topological polar surface area (TPSA) is 37.8 Å². The van der Waals surface area contributed by atoms with Crippen molar-refractivity contribution in [2.24, 2.45) is 5.41 Å². The van der Waals surface area contributed by atoms with Crippen LogP contribution >= 0.6 is 11.6 Å². The van der Waals surface area contributed by atoms with E-state index in [0.717, 1.165) is 30.2 Å². The zero-order chi connectivity index (χ0) is 11.8. The van der Waals surface area contributed by atoms with Gasteiger partial charge in [-0.15, -0.1) is 0 Å². The summed E-state index contributed by atoms with van der Waals surface area (Å²) in [5, 5.41) is 3.96. The molecule has 1 aromatic rings. The molecule has 0 saturated heterocycles. The standard InChI is InChI=1S/C12H18ClN3/c1-4-9-15-10(13)8(2)11(16-9)14-7-12(3)5-6-12/h4-7H2,1-3H3,(H,14,15,16). The molecule has 1 aromatic heterocycles. The Kier molecular flexibility index (Phi) is 3.06. The van der Waals surface area contributed by atoms with E-state index in [0.29, 0.717) is 10.6 Å². The summed E-state index contributed by atoms with van der Waals surface area (Å²) in [6, 6.07) is 0. The Bertz CT molecular complexity index is 399. The van der Waals surface area contributed by atoms with Crippen LogP contribution in [-0.2, 0) is 6.42 Å². The van der Waals surface area contributed by atoms with Gasteiger partial charge in [0.25, 0.3) is 0 Å². The number of aromatic nitrogens is 2. The van der Waals surface area contributed by atoms with Crippen LogP contribution in [0.25, 0.3) is 0 Å². The van der Waals surface area contributed by atoms with E-state index < -0.39 is 0 Å². The van der Waals surface area contributed by atoms with Gasteiger partial charge in [-0.3, -0.25) is 0 Å². The molecule has 0 spiro atoms. The van der Waals surface area contributed by atoms with Crippen LogP contribution in [0.15, 0.2) is 0 Å². The fourth-order valence-electron chi connectivity index (χ4n) is 1.55. The van der Waals surface area contributed by atoms with Crippen molar-refractivity contribution in [2.45, 2.75) is 40.0 Å². The Labute approximate surface area is 102 Å². The number of nitrogens with one attached hydrogen (secondary N) is 1. The predicted molar refractivity (Wildman–Crippen MR) is 67.0 cm³/mol. The summed E-state index contributed by atoms with van der Waals surface area (Å²) in [6.07, 6.45) is 3.42. The molecule has 1 heterocycles. The normalized spacial score (nSPS) is 17.2. The summed E-state index contributed by atoms with van der Waals surface area (Å²) < 4.78 is 0. The Morgan fingerprint density at radius 3 is 2.62 bits per heavy atom. The summed E-state index contributed by atoms with van der Waals surface area (Å²) >= 11 is 6.07. The molecule has 0 bridgehead atoms. The fraction of sp³-hybridized carbons (Fsp3) is 0.667. The highest BCUT2D eigenvalue weighted by Gasteiger charge is 2.37. The molecular weight excluding hydrogens is 222 g/mol. The van der Waals surface area contributed by atoms with Crippen molar-refractivity contribution in [3.63, 3.8) is 0 Å². The van der Waals surface area contributed by atoms with E-state index in [1.807, 2.05) is 13.8 Å². The molecule has 0 aromatic carbocycles. The first-order valence-corrected chi connectivity index (χ1v) is 6.19. The van der Waals surface area contributed by atoms with Gasteiger partial charge in [-0.2, -0.15) is 0 Å². The van der Waals surface area contributed by atoms with Gasteiger partial charge in [0.1, 0.15) is 16.8 Å². The highest BCUT2D eigenvalue weighted by Crippen LogP contribution is 2.44. The summed E-state index contributed by atoms with van der Waals surface area (Å²) in [4.78, 5) is 8.70. The summed E-state index contributed by atoms with van der Waals surface area (Å²) in [5.41, 5.74) is 1.42. The third-order valence-electron chi connectivity index (χ3n) is 3.24. The Hall–Kier alpha value is -0.830. The number of hydrogen-bond donors (Lipinski definition) is 1. The molecule has 0 radical (unpaired) electrons. The van der Waals surface area contributed by atoms with Crippen molar-refractivity contribution in [1.29, 1.82) is 0 Å². The van der Waals surface area contributed by atoms with Crippen molar-refractivity contribution < 1.29 is 0 Å². The SMILES string of the molecule is CCc1nc(Cl)c(C)c(NCC2(C)CC2)n1. The molecule has 4 heteroatoms. The lowest BCUT2D eigenvalue weighted by molar-refractivity contribution is 0.608.